The molecule has 1 saturated carbocycles. The molecule has 0 amide bonds. The van der Waals surface area contributed by atoms with Crippen molar-refractivity contribution in [2.75, 3.05) is 0 Å². The predicted molar refractivity (Wildman–Crippen MR) is 85.6 cm³/mol. The molecule has 2 heteroatoms. The highest BCUT2D eigenvalue weighted by Gasteiger charge is 2.20. The van der Waals surface area contributed by atoms with Crippen LogP contribution in [-0.4, -0.2) is 5.78 Å². The molecule has 0 radical (unpaired) electrons. The van der Waals surface area contributed by atoms with E-state index in [4.69, 9.17) is 0 Å². The van der Waals surface area contributed by atoms with Crippen LogP contribution in [-0.2, 0) is 4.79 Å². The number of hydrogen-bond acceptors (Lipinski definition) is 2. The molecule has 1 heterocycles. The number of rotatable bonds is 2. The van der Waals surface area contributed by atoms with E-state index in [-0.39, 0.29) is 5.78 Å². The van der Waals surface area contributed by atoms with E-state index in [1.54, 1.807) is 11.3 Å². The highest BCUT2D eigenvalue weighted by atomic mass is 32.1. The molecular formula is C18H16OS. The van der Waals surface area contributed by atoms with E-state index in [1.165, 1.54) is 0 Å². The van der Waals surface area contributed by atoms with Crippen LogP contribution in [0, 0.1) is 0 Å². The molecule has 2 aromatic rings. The van der Waals surface area contributed by atoms with Gasteiger partial charge < -0.3 is 0 Å². The first-order chi connectivity index (χ1) is 9.83. The van der Waals surface area contributed by atoms with Gasteiger partial charge in [0.15, 0.2) is 5.78 Å². The Kier molecular flexibility index (Phi) is 3.93. The van der Waals surface area contributed by atoms with Gasteiger partial charge in [0.1, 0.15) is 0 Å². The smallest absolute Gasteiger partial charge is 0.185 e. The Bertz CT molecular complexity index is 648. The van der Waals surface area contributed by atoms with Crippen molar-refractivity contribution in [1.29, 1.82) is 0 Å². The minimum atomic E-state index is 0.216. The van der Waals surface area contributed by atoms with Crippen molar-refractivity contribution in [3.63, 3.8) is 0 Å². The van der Waals surface area contributed by atoms with Crippen molar-refractivity contribution in [2.45, 2.75) is 19.3 Å². The zero-order valence-corrected chi connectivity index (χ0v) is 12.0. The third kappa shape index (κ3) is 2.97. The molecular weight excluding hydrogens is 264 g/mol. The Balaban J connectivity index is 1.88. The highest BCUT2D eigenvalue weighted by molar-refractivity contribution is 7.10. The molecule has 0 spiro atoms. The molecule has 1 nitrogen and oxygen atoms in total. The van der Waals surface area contributed by atoms with Gasteiger partial charge in [-0.1, -0.05) is 36.4 Å². The zero-order chi connectivity index (χ0) is 13.8. The van der Waals surface area contributed by atoms with Gasteiger partial charge in [-0.05, 0) is 48.4 Å². The van der Waals surface area contributed by atoms with Crippen molar-refractivity contribution < 1.29 is 4.79 Å². The van der Waals surface area contributed by atoms with Crippen LogP contribution in [0.1, 0.15) is 29.7 Å². The summed E-state index contributed by atoms with van der Waals surface area (Å²) in [6.07, 6.45) is 6.91. The van der Waals surface area contributed by atoms with Crippen LogP contribution in [0.5, 0.6) is 0 Å². The second kappa shape index (κ2) is 6.02. The lowest BCUT2D eigenvalue weighted by atomic mass is 9.87. The highest BCUT2D eigenvalue weighted by Crippen LogP contribution is 2.28. The Morgan fingerprint density at radius 3 is 2.35 bits per heavy atom. The maximum atomic E-state index is 12.5. The molecule has 3 rings (SSSR count). The Labute approximate surface area is 123 Å². The summed E-state index contributed by atoms with van der Waals surface area (Å²) in [7, 11) is 0. The van der Waals surface area contributed by atoms with Gasteiger partial charge in [0.25, 0.3) is 0 Å². The monoisotopic (exact) mass is 280 g/mol. The summed E-state index contributed by atoms with van der Waals surface area (Å²) in [5.74, 6) is 0.216. The molecule has 0 saturated heterocycles. The van der Waals surface area contributed by atoms with Gasteiger partial charge in [0.2, 0.25) is 0 Å². The Morgan fingerprint density at radius 1 is 0.900 bits per heavy atom. The number of carbonyl (C=O) groups is 1. The number of ketones is 1. The number of benzene rings is 1. The van der Waals surface area contributed by atoms with E-state index < -0.39 is 0 Å². The lowest BCUT2D eigenvalue weighted by molar-refractivity contribution is -0.112. The molecule has 1 aliphatic carbocycles. The van der Waals surface area contributed by atoms with Gasteiger partial charge in [0.05, 0.1) is 0 Å². The molecule has 0 aliphatic heterocycles. The molecule has 1 aromatic carbocycles. The van der Waals surface area contributed by atoms with Crippen LogP contribution in [0.25, 0.3) is 12.2 Å². The molecule has 20 heavy (non-hydrogen) atoms. The first kappa shape index (κ1) is 13.1. The second-order valence-corrected chi connectivity index (χ2v) is 5.93. The molecule has 0 N–H and O–H groups in total. The van der Waals surface area contributed by atoms with E-state index in [2.05, 4.69) is 6.07 Å². The lowest BCUT2D eigenvalue weighted by Gasteiger charge is -2.16. The quantitative estimate of drug-likeness (QED) is 0.710. The van der Waals surface area contributed by atoms with E-state index in [1.807, 2.05) is 53.9 Å². The van der Waals surface area contributed by atoms with Crippen molar-refractivity contribution in [3.8, 4) is 0 Å². The van der Waals surface area contributed by atoms with Crippen LogP contribution in [0.4, 0.5) is 0 Å². The molecule has 0 unspecified atom stereocenters. The minimum Gasteiger partial charge on any atom is -0.289 e. The van der Waals surface area contributed by atoms with Crippen molar-refractivity contribution in [2.24, 2.45) is 0 Å². The first-order valence-corrected chi connectivity index (χ1v) is 7.75. The first-order valence-electron chi connectivity index (χ1n) is 6.87. The van der Waals surface area contributed by atoms with Crippen LogP contribution in [0.2, 0.25) is 0 Å². The summed E-state index contributed by atoms with van der Waals surface area (Å²) in [4.78, 5) is 13.7. The van der Waals surface area contributed by atoms with Crippen molar-refractivity contribution >= 4 is 29.3 Å². The van der Waals surface area contributed by atoms with E-state index >= 15 is 0 Å². The molecule has 1 aromatic heterocycles. The average Bonchev–Trinajstić information content (AvgIpc) is 2.97. The number of Topliss-reactive ketones (excluding diaryl/α,β-unsaturated/α-hetero) is 1. The van der Waals surface area contributed by atoms with Gasteiger partial charge in [-0.2, -0.15) is 0 Å². The Morgan fingerprint density at radius 2 is 1.65 bits per heavy atom. The van der Waals surface area contributed by atoms with E-state index in [0.29, 0.717) is 0 Å². The Hall–Kier alpha value is -1.93. The fourth-order valence-electron chi connectivity index (χ4n) is 2.47. The predicted octanol–water partition coefficient (Wildman–Crippen LogP) is 4.97. The van der Waals surface area contributed by atoms with Crippen molar-refractivity contribution in [3.05, 3.63) is 69.4 Å². The average molecular weight is 280 g/mol. The van der Waals surface area contributed by atoms with Gasteiger partial charge in [0, 0.05) is 16.0 Å². The molecule has 100 valence electrons. The number of allylic oxidation sites excluding steroid dienone is 2. The van der Waals surface area contributed by atoms with Crippen LogP contribution in [0.15, 0.2) is 59.0 Å². The minimum absolute atomic E-state index is 0.216. The number of hydrogen-bond donors (Lipinski definition) is 0. The summed E-state index contributed by atoms with van der Waals surface area (Å²) in [6.45, 7) is 0. The SMILES string of the molecule is O=C1/C(=C/c2ccccc2)CCC/C1=C\c1cccs1. The summed E-state index contributed by atoms with van der Waals surface area (Å²) in [5.41, 5.74) is 2.99. The molecule has 0 bridgehead atoms. The number of carbonyl (C=O) groups excluding carboxylic acids is 1. The maximum Gasteiger partial charge on any atom is 0.185 e. The third-order valence-corrected chi connectivity index (χ3v) is 4.29. The van der Waals surface area contributed by atoms with Crippen LogP contribution < -0.4 is 0 Å². The van der Waals surface area contributed by atoms with E-state index in [0.717, 1.165) is 40.8 Å². The second-order valence-electron chi connectivity index (χ2n) is 4.95. The lowest BCUT2D eigenvalue weighted by Crippen LogP contribution is -2.12. The standard InChI is InChI=1S/C18H16OS/c19-18-15(12-14-6-2-1-3-7-14)8-4-9-16(18)13-17-10-5-11-20-17/h1-3,5-7,10-13H,4,8-9H2/b15-12+,16-13+. The summed E-state index contributed by atoms with van der Waals surface area (Å²) in [5, 5.41) is 2.04. The molecule has 1 aliphatic rings. The van der Waals surface area contributed by atoms with Crippen LogP contribution in [0.3, 0.4) is 0 Å². The molecule has 1 fully saturated rings. The van der Waals surface area contributed by atoms with Crippen molar-refractivity contribution in [1.82, 2.24) is 0 Å². The summed E-state index contributed by atoms with van der Waals surface area (Å²) < 4.78 is 0. The largest absolute Gasteiger partial charge is 0.289 e. The summed E-state index contributed by atoms with van der Waals surface area (Å²) in [6, 6.07) is 14.2. The normalized spacial score (nSPS) is 19.7. The fraction of sp³-hybridized carbons (Fsp3) is 0.167. The topological polar surface area (TPSA) is 17.1 Å². The van der Waals surface area contributed by atoms with Gasteiger partial charge >= 0.3 is 0 Å². The zero-order valence-electron chi connectivity index (χ0n) is 11.2. The summed E-state index contributed by atoms with van der Waals surface area (Å²) >= 11 is 1.68. The van der Waals surface area contributed by atoms with Gasteiger partial charge in [-0.15, -0.1) is 11.3 Å². The van der Waals surface area contributed by atoms with Crippen LogP contribution >= 0.6 is 11.3 Å². The third-order valence-electron chi connectivity index (χ3n) is 3.48. The van der Waals surface area contributed by atoms with Gasteiger partial charge in [-0.3, -0.25) is 4.79 Å². The molecule has 0 atom stereocenters. The number of thiophene rings is 1. The van der Waals surface area contributed by atoms with E-state index in [9.17, 15) is 4.79 Å². The maximum absolute atomic E-state index is 12.5. The van der Waals surface area contributed by atoms with Gasteiger partial charge in [-0.25, -0.2) is 0 Å². The fourth-order valence-corrected chi connectivity index (χ4v) is 3.16.